The molecular formula is C23H35N3O3. The number of carbonyl (C=O) groups excluding carboxylic acids is 1. The Labute approximate surface area is 174 Å². The summed E-state index contributed by atoms with van der Waals surface area (Å²) in [5.74, 6) is 0.276. The minimum absolute atomic E-state index is 0.204. The van der Waals surface area contributed by atoms with Crippen LogP contribution in [0.3, 0.4) is 0 Å². The van der Waals surface area contributed by atoms with E-state index in [-0.39, 0.29) is 11.9 Å². The molecule has 160 valence electrons. The molecule has 3 rings (SSSR count). The van der Waals surface area contributed by atoms with E-state index in [1.165, 1.54) is 11.3 Å². The first-order chi connectivity index (χ1) is 13.8. The molecule has 1 N–H and O–H groups in total. The Morgan fingerprint density at radius 3 is 2.31 bits per heavy atom. The van der Waals surface area contributed by atoms with Crippen molar-refractivity contribution in [1.29, 1.82) is 0 Å². The summed E-state index contributed by atoms with van der Waals surface area (Å²) in [6, 6.07) is 8.35. The molecule has 1 aromatic carbocycles. The number of hydrogen-bond donors (Lipinski definition) is 1. The van der Waals surface area contributed by atoms with Gasteiger partial charge >= 0.3 is 6.09 Å². The summed E-state index contributed by atoms with van der Waals surface area (Å²) in [4.78, 5) is 30.5. The predicted molar refractivity (Wildman–Crippen MR) is 115 cm³/mol. The van der Waals surface area contributed by atoms with Gasteiger partial charge in [-0.3, -0.25) is 9.69 Å². The van der Waals surface area contributed by atoms with E-state index in [0.29, 0.717) is 31.7 Å². The maximum Gasteiger partial charge on any atom is 0.414 e. The molecule has 6 heteroatoms. The first-order valence-electron chi connectivity index (χ1n) is 11.0. The lowest BCUT2D eigenvalue weighted by Gasteiger charge is -2.39. The number of carboxylic acid groups (broad SMARTS) is 1. The van der Waals surface area contributed by atoms with Gasteiger partial charge in [-0.1, -0.05) is 45.9 Å². The summed E-state index contributed by atoms with van der Waals surface area (Å²) in [7, 11) is 0. The van der Waals surface area contributed by atoms with E-state index in [1.54, 1.807) is 0 Å². The maximum atomic E-state index is 12.8. The van der Waals surface area contributed by atoms with Crippen LogP contribution >= 0.6 is 0 Å². The standard InChI is InChI=1S/C23H35N3O3/c1-5-23(6-2)15-18(26(21(23)27)22(28)29)16-24-11-13-25(14-12-24)20-10-8-7-9-19(20)17(3)4/h7-10,17-18H,5-6,11-16H2,1-4H3,(H,28,29)/t18-/m1/s1. The van der Waals surface area contributed by atoms with Crippen molar-refractivity contribution >= 4 is 17.7 Å². The first kappa shape index (κ1) is 21.6. The van der Waals surface area contributed by atoms with Gasteiger partial charge in [0.2, 0.25) is 5.91 Å². The minimum Gasteiger partial charge on any atom is -0.465 e. The topological polar surface area (TPSA) is 64.1 Å². The van der Waals surface area contributed by atoms with Crippen molar-refractivity contribution in [2.45, 2.75) is 58.9 Å². The Hall–Kier alpha value is -2.08. The Bertz CT molecular complexity index is 737. The average molecular weight is 402 g/mol. The minimum atomic E-state index is -1.10. The van der Waals surface area contributed by atoms with E-state index in [9.17, 15) is 14.7 Å². The molecule has 2 fully saturated rings. The molecule has 0 bridgehead atoms. The van der Waals surface area contributed by atoms with Gasteiger partial charge in [0.25, 0.3) is 0 Å². The number of carbonyl (C=O) groups is 2. The van der Waals surface area contributed by atoms with Gasteiger partial charge in [-0.25, -0.2) is 9.69 Å². The molecule has 2 aliphatic rings. The largest absolute Gasteiger partial charge is 0.465 e. The summed E-state index contributed by atoms with van der Waals surface area (Å²) in [5.41, 5.74) is 2.16. The number of amides is 2. The fourth-order valence-corrected chi connectivity index (χ4v) is 5.01. The van der Waals surface area contributed by atoms with Gasteiger partial charge < -0.3 is 10.0 Å². The van der Waals surface area contributed by atoms with E-state index in [2.05, 4.69) is 47.9 Å². The molecule has 0 spiro atoms. The Morgan fingerprint density at radius 2 is 1.76 bits per heavy atom. The van der Waals surface area contributed by atoms with Crippen molar-refractivity contribution in [3.05, 3.63) is 29.8 Å². The number of likely N-dealkylation sites (tertiary alicyclic amines) is 1. The molecule has 1 aromatic rings. The van der Waals surface area contributed by atoms with Gasteiger partial charge in [0.05, 0.1) is 11.5 Å². The smallest absolute Gasteiger partial charge is 0.414 e. The van der Waals surface area contributed by atoms with Crippen molar-refractivity contribution in [2.24, 2.45) is 5.41 Å². The summed E-state index contributed by atoms with van der Waals surface area (Å²) < 4.78 is 0. The number of piperazine rings is 1. The second-order valence-corrected chi connectivity index (χ2v) is 8.80. The summed E-state index contributed by atoms with van der Waals surface area (Å²) in [6.45, 7) is 12.7. The second-order valence-electron chi connectivity index (χ2n) is 8.80. The highest BCUT2D eigenvalue weighted by molar-refractivity contribution is 5.97. The number of anilines is 1. The number of hydrogen-bond acceptors (Lipinski definition) is 4. The van der Waals surface area contributed by atoms with Gasteiger partial charge in [0, 0.05) is 38.4 Å². The third kappa shape index (κ3) is 4.13. The van der Waals surface area contributed by atoms with Crippen molar-refractivity contribution in [1.82, 2.24) is 9.80 Å². The predicted octanol–water partition coefficient (Wildman–Crippen LogP) is 4.02. The zero-order chi connectivity index (χ0) is 21.2. The highest BCUT2D eigenvalue weighted by Crippen LogP contribution is 2.42. The third-order valence-corrected chi connectivity index (χ3v) is 6.96. The molecule has 2 saturated heterocycles. The van der Waals surface area contributed by atoms with Crippen LogP contribution in [0.15, 0.2) is 24.3 Å². The first-order valence-corrected chi connectivity index (χ1v) is 11.0. The lowest BCUT2D eigenvalue weighted by Crippen LogP contribution is -2.51. The second kappa shape index (κ2) is 8.74. The fourth-order valence-electron chi connectivity index (χ4n) is 5.01. The molecule has 0 saturated carbocycles. The molecule has 2 aliphatic heterocycles. The number of benzene rings is 1. The average Bonchev–Trinajstić information content (AvgIpc) is 3.00. The Balaban J connectivity index is 1.66. The van der Waals surface area contributed by atoms with Crippen LogP contribution < -0.4 is 4.90 Å². The molecule has 0 aromatic heterocycles. The summed E-state index contributed by atoms with van der Waals surface area (Å²) >= 11 is 0. The van der Waals surface area contributed by atoms with E-state index >= 15 is 0 Å². The van der Waals surface area contributed by atoms with Gasteiger partial charge in [0.1, 0.15) is 0 Å². The van der Waals surface area contributed by atoms with E-state index in [1.807, 2.05) is 13.8 Å². The van der Waals surface area contributed by atoms with E-state index < -0.39 is 11.5 Å². The van der Waals surface area contributed by atoms with E-state index in [0.717, 1.165) is 31.1 Å². The lowest BCUT2D eigenvalue weighted by molar-refractivity contribution is -0.135. The van der Waals surface area contributed by atoms with Gasteiger partial charge in [-0.05, 0) is 36.8 Å². The molecular weight excluding hydrogens is 366 g/mol. The van der Waals surface area contributed by atoms with Gasteiger partial charge in [-0.15, -0.1) is 0 Å². The quantitative estimate of drug-likeness (QED) is 0.780. The molecule has 6 nitrogen and oxygen atoms in total. The molecule has 29 heavy (non-hydrogen) atoms. The van der Waals surface area contributed by atoms with E-state index in [4.69, 9.17) is 0 Å². The zero-order valence-corrected chi connectivity index (χ0v) is 18.2. The molecule has 2 amide bonds. The fraction of sp³-hybridized carbons (Fsp3) is 0.652. The van der Waals surface area contributed by atoms with Crippen molar-refractivity contribution in [3.8, 4) is 0 Å². The van der Waals surface area contributed by atoms with Crippen LogP contribution in [0.25, 0.3) is 0 Å². The number of nitrogens with zero attached hydrogens (tertiary/aromatic N) is 3. The van der Waals surface area contributed by atoms with Crippen LogP contribution in [0.5, 0.6) is 0 Å². The normalized spacial score (nSPS) is 22.5. The summed E-state index contributed by atoms with van der Waals surface area (Å²) in [5, 5.41) is 9.66. The lowest BCUT2D eigenvalue weighted by atomic mass is 9.79. The SMILES string of the molecule is CCC1(CC)C[C@H](CN2CCN(c3ccccc3C(C)C)CC2)N(C(=O)O)C1=O. The monoisotopic (exact) mass is 401 g/mol. The van der Waals surface area contributed by atoms with Crippen LogP contribution in [-0.4, -0.2) is 65.7 Å². The molecule has 0 radical (unpaired) electrons. The zero-order valence-electron chi connectivity index (χ0n) is 18.2. The van der Waals surface area contributed by atoms with Crippen LogP contribution in [0, 0.1) is 5.41 Å². The van der Waals surface area contributed by atoms with Crippen molar-refractivity contribution < 1.29 is 14.7 Å². The van der Waals surface area contributed by atoms with Gasteiger partial charge in [-0.2, -0.15) is 0 Å². The van der Waals surface area contributed by atoms with Crippen LogP contribution in [-0.2, 0) is 4.79 Å². The third-order valence-electron chi connectivity index (χ3n) is 6.96. The van der Waals surface area contributed by atoms with Crippen molar-refractivity contribution in [2.75, 3.05) is 37.6 Å². The molecule has 0 unspecified atom stereocenters. The van der Waals surface area contributed by atoms with Crippen LogP contribution in [0.1, 0.15) is 58.4 Å². The number of rotatable bonds is 6. The Morgan fingerprint density at radius 1 is 1.14 bits per heavy atom. The molecule has 0 aliphatic carbocycles. The number of imide groups is 1. The highest BCUT2D eigenvalue weighted by atomic mass is 16.4. The van der Waals surface area contributed by atoms with Crippen LogP contribution in [0.4, 0.5) is 10.5 Å². The molecule has 1 atom stereocenters. The summed E-state index contributed by atoms with van der Waals surface area (Å²) in [6.07, 6.45) is 0.931. The van der Waals surface area contributed by atoms with Crippen LogP contribution in [0.2, 0.25) is 0 Å². The molecule has 2 heterocycles. The Kier molecular flexibility index (Phi) is 6.52. The van der Waals surface area contributed by atoms with Crippen molar-refractivity contribution in [3.63, 3.8) is 0 Å². The van der Waals surface area contributed by atoms with Gasteiger partial charge in [0.15, 0.2) is 0 Å². The highest BCUT2D eigenvalue weighted by Gasteiger charge is 2.52. The maximum absolute atomic E-state index is 12.8. The number of para-hydroxylation sites is 1.